The Hall–Kier alpha value is -7.43. The highest BCUT2D eigenvalue weighted by Crippen LogP contribution is 2.55. The lowest BCUT2D eigenvalue weighted by Gasteiger charge is -2.23. The summed E-state index contributed by atoms with van der Waals surface area (Å²) in [5.41, 5.74) is 16.0. The van der Waals surface area contributed by atoms with Gasteiger partial charge in [0, 0.05) is 27.3 Å². The first kappa shape index (κ1) is 33.9. The van der Waals surface area contributed by atoms with Gasteiger partial charge in [0.2, 0.25) is 5.95 Å². The van der Waals surface area contributed by atoms with Crippen LogP contribution in [0.3, 0.4) is 0 Å². The van der Waals surface area contributed by atoms with E-state index in [2.05, 4.69) is 176 Å². The van der Waals surface area contributed by atoms with Crippen molar-refractivity contribution >= 4 is 21.8 Å². The Morgan fingerprint density at radius 2 is 0.862 bits per heavy atom. The molecule has 274 valence electrons. The molecule has 10 aromatic rings. The maximum absolute atomic E-state index is 5.29. The molecule has 0 radical (unpaired) electrons. The molecule has 4 nitrogen and oxygen atoms in total. The maximum atomic E-state index is 5.29. The summed E-state index contributed by atoms with van der Waals surface area (Å²) in [6.07, 6.45) is 0. The highest BCUT2D eigenvalue weighted by Gasteiger charge is 2.39. The highest BCUT2D eigenvalue weighted by atomic mass is 15.2. The van der Waals surface area contributed by atoms with Gasteiger partial charge >= 0.3 is 0 Å². The molecule has 1 aliphatic carbocycles. The summed E-state index contributed by atoms with van der Waals surface area (Å²) in [6, 6.07) is 69.1. The Morgan fingerprint density at radius 1 is 0.362 bits per heavy atom. The third-order valence-corrected chi connectivity index (χ3v) is 11.8. The lowest BCUT2D eigenvalue weighted by molar-refractivity contribution is 0.661. The second-order valence-corrected chi connectivity index (χ2v) is 15.7. The number of rotatable bonds is 6. The van der Waals surface area contributed by atoms with Gasteiger partial charge in [-0.15, -0.1) is 0 Å². The van der Waals surface area contributed by atoms with Crippen LogP contribution in [0.4, 0.5) is 0 Å². The van der Waals surface area contributed by atoms with Crippen molar-refractivity contribution in [2.75, 3.05) is 0 Å². The van der Waals surface area contributed by atoms with E-state index in [-0.39, 0.29) is 5.41 Å². The lowest BCUT2D eigenvalue weighted by atomic mass is 9.80. The number of fused-ring (bicyclic) bond motifs is 6. The second-order valence-electron chi connectivity index (χ2n) is 15.7. The molecule has 1 aliphatic rings. The molecule has 0 unspecified atom stereocenters. The molecule has 0 N–H and O–H groups in total. The molecule has 0 aliphatic heterocycles. The molecule has 2 aromatic heterocycles. The molecular weight excluding hydrogens is 705 g/mol. The van der Waals surface area contributed by atoms with Crippen LogP contribution >= 0.6 is 0 Å². The first-order valence-corrected chi connectivity index (χ1v) is 19.9. The largest absolute Gasteiger partial charge is 0.278 e. The molecule has 0 fully saturated rings. The van der Waals surface area contributed by atoms with Crippen molar-refractivity contribution in [3.63, 3.8) is 0 Å². The summed E-state index contributed by atoms with van der Waals surface area (Å²) in [6.45, 7) is 4.76. The zero-order valence-electron chi connectivity index (χ0n) is 32.3. The van der Waals surface area contributed by atoms with Crippen molar-refractivity contribution < 1.29 is 0 Å². The Balaban J connectivity index is 1.24. The van der Waals surface area contributed by atoms with Gasteiger partial charge in [-0.3, -0.25) is 4.57 Å². The van der Waals surface area contributed by atoms with Gasteiger partial charge in [0.15, 0.2) is 11.6 Å². The first-order chi connectivity index (χ1) is 28.5. The zero-order valence-corrected chi connectivity index (χ0v) is 32.3. The Labute approximate surface area is 337 Å². The van der Waals surface area contributed by atoms with Gasteiger partial charge in [0.05, 0.1) is 11.0 Å². The zero-order chi connectivity index (χ0) is 38.8. The molecule has 0 saturated carbocycles. The number of aromatic nitrogens is 4. The Morgan fingerprint density at radius 3 is 1.43 bits per heavy atom. The van der Waals surface area contributed by atoms with Gasteiger partial charge < -0.3 is 0 Å². The monoisotopic (exact) mass is 742 g/mol. The molecule has 0 saturated heterocycles. The minimum absolute atomic E-state index is 0.264. The number of benzene rings is 8. The molecule has 0 amide bonds. The topological polar surface area (TPSA) is 43.6 Å². The summed E-state index contributed by atoms with van der Waals surface area (Å²) in [5.74, 6) is 1.84. The minimum atomic E-state index is -0.264. The van der Waals surface area contributed by atoms with E-state index in [0.717, 1.165) is 38.7 Å². The van der Waals surface area contributed by atoms with Gasteiger partial charge in [-0.25, -0.2) is 4.98 Å². The molecule has 0 bridgehead atoms. The van der Waals surface area contributed by atoms with E-state index >= 15 is 0 Å². The van der Waals surface area contributed by atoms with E-state index in [9.17, 15) is 0 Å². The summed E-state index contributed by atoms with van der Waals surface area (Å²) < 4.78 is 2.27. The van der Waals surface area contributed by atoms with Crippen LogP contribution in [0.15, 0.2) is 194 Å². The van der Waals surface area contributed by atoms with E-state index in [1.165, 1.54) is 49.9 Å². The van der Waals surface area contributed by atoms with Crippen molar-refractivity contribution in [2.45, 2.75) is 19.3 Å². The maximum Gasteiger partial charge on any atom is 0.238 e. The standard InChI is InChI=1S/C54H38N4/c1-54(2)46-33-44-42-29-28-40(35-18-8-3-9-19-35)32-48(42)58(53-56-51(38-24-14-6-15-25-38)55-52(57-53)39-26-16-7-17-27-39)49(44)34-45(46)50-43(37-22-12-5-13-23-37)30-41(31-47(50)54)36-20-10-4-11-21-36/h3-34H,1-2H3. The summed E-state index contributed by atoms with van der Waals surface area (Å²) >= 11 is 0. The quantitative estimate of drug-likeness (QED) is 0.170. The van der Waals surface area contributed by atoms with Crippen LogP contribution in [0.25, 0.3) is 95.0 Å². The van der Waals surface area contributed by atoms with Crippen LogP contribution in [0.1, 0.15) is 25.0 Å². The fourth-order valence-corrected chi connectivity index (χ4v) is 8.92. The predicted octanol–water partition coefficient (Wildman–Crippen LogP) is 13.6. The molecule has 0 spiro atoms. The fourth-order valence-electron chi connectivity index (χ4n) is 8.92. The van der Waals surface area contributed by atoms with Crippen molar-refractivity contribution in [2.24, 2.45) is 0 Å². The van der Waals surface area contributed by atoms with Gasteiger partial charge in [0.1, 0.15) is 0 Å². The summed E-state index contributed by atoms with van der Waals surface area (Å²) in [4.78, 5) is 15.6. The number of nitrogens with zero attached hydrogens (tertiary/aromatic N) is 4. The van der Waals surface area contributed by atoms with Gasteiger partial charge in [0.25, 0.3) is 0 Å². The Kier molecular flexibility index (Phi) is 7.80. The molecule has 11 rings (SSSR count). The van der Waals surface area contributed by atoms with Crippen molar-refractivity contribution in [3.05, 3.63) is 205 Å². The minimum Gasteiger partial charge on any atom is -0.278 e. The third kappa shape index (κ3) is 5.48. The highest BCUT2D eigenvalue weighted by molar-refractivity contribution is 6.13. The van der Waals surface area contributed by atoms with E-state index in [0.29, 0.717) is 17.6 Å². The number of hydrogen-bond donors (Lipinski definition) is 0. The van der Waals surface area contributed by atoms with Crippen LogP contribution < -0.4 is 0 Å². The molecule has 2 heterocycles. The normalized spacial score (nSPS) is 12.8. The van der Waals surface area contributed by atoms with Gasteiger partial charge in [-0.2, -0.15) is 9.97 Å². The van der Waals surface area contributed by atoms with Crippen LogP contribution in [-0.2, 0) is 5.41 Å². The van der Waals surface area contributed by atoms with Crippen LogP contribution in [0, 0.1) is 0 Å². The second kappa shape index (κ2) is 13.4. The molecule has 4 heteroatoms. The molecule has 58 heavy (non-hydrogen) atoms. The van der Waals surface area contributed by atoms with E-state index < -0.39 is 0 Å². The lowest BCUT2D eigenvalue weighted by Crippen LogP contribution is -2.15. The van der Waals surface area contributed by atoms with E-state index in [1.807, 2.05) is 36.4 Å². The van der Waals surface area contributed by atoms with Crippen LogP contribution in [-0.4, -0.2) is 19.5 Å². The van der Waals surface area contributed by atoms with Crippen molar-refractivity contribution in [1.29, 1.82) is 0 Å². The van der Waals surface area contributed by atoms with E-state index in [4.69, 9.17) is 15.0 Å². The summed E-state index contributed by atoms with van der Waals surface area (Å²) in [7, 11) is 0. The molecule has 0 atom stereocenters. The summed E-state index contributed by atoms with van der Waals surface area (Å²) in [5, 5.41) is 2.32. The van der Waals surface area contributed by atoms with Crippen LogP contribution in [0.5, 0.6) is 0 Å². The van der Waals surface area contributed by atoms with E-state index in [1.54, 1.807) is 0 Å². The van der Waals surface area contributed by atoms with Crippen LogP contribution in [0.2, 0.25) is 0 Å². The predicted molar refractivity (Wildman–Crippen MR) is 239 cm³/mol. The fraction of sp³-hybridized carbons (Fsp3) is 0.0556. The van der Waals surface area contributed by atoms with Crippen molar-refractivity contribution in [3.8, 4) is 73.2 Å². The van der Waals surface area contributed by atoms with Gasteiger partial charge in [-0.1, -0.05) is 178 Å². The third-order valence-electron chi connectivity index (χ3n) is 11.8. The average molecular weight is 743 g/mol. The SMILES string of the molecule is CC1(C)c2cc3c4ccc(-c5ccccc5)cc4n(-c4nc(-c5ccccc5)nc(-c5ccccc5)n4)c3cc2-c2c(-c3ccccc3)cc(-c3ccccc3)cc21. The van der Waals surface area contributed by atoms with Crippen molar-refractivity contribution in [1.82, 2.24) is 19.5 Å². The Bertz CT molecular complexity index is 3100. The molecule has 8 aromatic carbocycles. The first-order valence-electron chi connectivity index (χ1n) is 19.9. The smallest absolute Gasteiger partial charge is 0.238 e. The average Bonchev–Trinajstić information content (AvgIpc) is 3.73. The molecular formula is C54H38N4. The number of hydrogen-bond acceptors (Lipinski definition) is 3. The van der Waals surface area contributed by atoms with Gasteiger partial charge in [-0.05, 0) is 86.0 Å².